The summed E-state index contributed by atoms with van der Waals surface area (Å²) in [5.41, 5.74) is 0. The fourth-order valence-electron chi connectivity index (χ4n) is 0.583. The Morgan fingerprint density at radius 3 is 2.56 bits per heavy atom. The third kappa shape index (κ3) is 2.13. The van der Waals surface area contributed by atoms with Gasteiger partial charge in [-0.2, -0.15) is 0 Å². The average molecular weight is 192 g/mol. The molecule has 1 aromatic heterocycles. The van der Waals surface area contributed by atoms with Gasteiger partial charge in [0.05, 0.1) is 5.21 Å². The fraction of sp³-hybridized carbons (Fsp3) is 0.600. The van der Waals surface area contributed by atoms with E-state index in [4.69, 9.17) is 0 Å². The second-order valence-electron chi connectivity index (χ2n) is 1.72. The summed E-state index contributed by atoms with van der Waals surface area (Å²) in [5.74, 6) is 0. The zero-order valence-corrected chi connectivity index (χ0v) is 7.17. The molecule has 4 heteroatoms. The SMILES string of the molecule is CCn1cc[n+](C)n1.[Br-]. The molecule has 0 saturated heterocycles. The monoisotopic (exact) mass is 191 g/mol. The van der Waals surface area contributed by atoms with Crippen molar-refractivity contribution in [2.45, 2.75) is 13.5 Å². The van der Waals surface area contributed by atoms with Gasteiger partial charge in [-0.05, 0) is 6.92 Å². The molecule has 0 amide bonds. The van der Waals surface area contributed by atoms with E-state index in [1.165, 1.54) is 0 Å². The van der Waals surface area contributed by atoms with Crippen LogP contribution in [0.4, 0.5) is 0 Å². The summed E-state index contributed by atoms with van der Waals surface area (Å²) < 4.78 is 3.66. The summed E-state index contributed by atoms with van der Waals surface area (Å²) in [5, 5.41) is 4.06. The first-order chi connectivity index (χ1) is 3.83. The van der Waals surface area contributed by atoms with Crippen molar-refractivity contribution in [3.8, 4) is 0 Å². The molecule has 0 aromatic carbocycles. The minimum absolute atomic E-state index is 0. The van der Waals surface area contributed by atoms with Crippen molar-refractivity contribution >= 4 is 0 Å². The van der Waals surface area contributed by atoms with E-state index in [1.807, 2.05) is 24.1 Å². The summed E-state index contributed by atoms with van der Waals surface area (Å²) in [4.78, 5) is 0. The van der Waals surface area contributed by atoms with Gasteiger partial charge in [-0.1, -0.05) is 0 Å². The van der Waals surface area contributed by atoms with Crippen LogP contribution in [0.5, 0.6) is 0 Å². The average Bonchev–Trinajstić information content (AvgIpc) is 2.14. The highest BCUT2D eigenvalue weighted by Crippen LogP contribution is 1.73. The maximum Gasteiger partial charge on any atom is 0.155 e. The molecule has 0 aliphatic heterocycles. The van der Waals surface area contributed by atoms with E-state index in [-0.39, 0.29) is 17.0 Å². The lowest BCUT2D eigenvalue weighted by atomic mass is 10.7. The Bertz CT molecular complexity index is 172. The molecule has 0 spiro atoms. The van der Waals surface area contributed by atoms with Crippen molar-refractivity contribution in [1.29, 1.82) is 0 Å². The molecule has 0 unspecified atom stereocenters. The van der Waals surface area contributed by atoms with Crippen LogP contribution in [0.25, 0.3) is 0 Å². The smallest absolute Gasteiger partial charge is 0.155 e. The van der Waals surface area contributed by atoms with Crippen LogP contribution in [0, 0.1) is 0 Å². The molecule has 9 heavy (non-hydrogen) atoms. The molecule has 3 nitrogen and oxygen atoms in total. The molecule has 0 aliphatic carbocycles. The van der Waals surface area contributed by atoms with Crippen LogP contribution in [-0.4, -0.2) is 9.90 Å². The second kappa shape index (κ2) is 3.61. The topological polar surface area (TPSA) is 21.7 Å². The van der Waals surface area contributed by atoms with Crippen LogP contribution >= 0.6 is 0 Å². The Balaban J connectivity index is 0.000000640. The van der Waals surface area contributed by atoms with E-state index < -0.39 is 0 Å². The number of halogens is 1. The van der Waals surface area contributed by atoms with Gasteiger partial charge in [0, 0.05) is 0 Å². The van der Waals surface area contributed by atoms with Gasteiger partial charge in [0.15, 0.2) is 12.4 Å². The summed E-state index contributed by atoms with van der Waals surface area (Å²) >= 11 is 0. The van der Waals surface area contributed by atoms with Crippen LogP contribution < -0.4 is 21.7 Å². The summed E-state index contributed by atoms with van der Waals surface area (Å²) in [7, 11) is 1.91. The molecule has 1 aromatic rings. The molecule has 0 aliphatic rings. The molecule has 0 bridgehead atoms. The van der Waals surface area contributed by atoms with Crippen molar-refractivity contribution in [3.63, 3.8) is 0 Å². The molecule has 1 rings (SSSR count). The molecule has 0 fully saturated rings. The lowest BCUT2D eigenvalue weighted by molar-refractivity contribution is -0.732. The van der Waals surface area contributed by atoms with E-state index in [2.05, 4.69) is 12.1 Å². The number of nitrogens with zero attached hydrogens (tertiary/aromatic N) is 3. The van der Waals surface area contributed by atoms with Crippen LogP contribution in [-0.2, 0) is 13.6 Å². The lowest BCUT2D eigenvalue weighted by Gasteiger charge is -1.77. The highest BCUT2D eigenvalue weighted by molar-refractivity contribution is 4.55. The Morgan fingerprint density at radius 1 is 1.67 bits per heavy atom. The van der Waals surface area contributed by atoms with E-state index in [9.17, 15) is 0 Å². The summed E-state index contributed by atoms with van der Waals surface area (Å²) in [6, 6.07) is 0. The Hall–Kier alpha value is -0.380. The molecule has 0 N–H and O–H groups in total. The maximum atomic E-state index is 4.06. The zero-order valence-electron chi connectivity index (χ0n) is 5.58. The van der Waals surface area contributed by atoms with Gasteiger partial charge < -0.3 is 17.0 Å². The molecular formula is C5H10BrN3. The minimum Gasteiger partial charge on any atom is -1.00 e. The van der Waals surface area contributed by atoms with Gasteiger partial charge >= 0.3 is 0 Å². The van der Waals surface area contributed by atoms with E-state index in [0.29, 0.717) is 0 Å². The van der Waals surface area contributed by atoms with E-state index in [1.54, 1.807) is 4.68 Å². The largest absolute Gasteiger partial charge is 1.00 e. The zero-order chi connectivity index (χ0) is 5.98. The number of hydrogen-bond acceptors (Lipinski definition) is 1. The van der Waals surface area contributed by atoms with E-state index in [0.717, 1.165) is 6.54 Å². The second-order valence-corrected chi connectivity index (χ2v) is 1.72. The molecule has 1 heterocycles. The highest BCUT2D eigenvalue weighted by atomic mass is 79.9. The number of aromatic nitrogens is 3. The van der Waals surface area contributed by atoms with Crippen molar-refractivity contribution in [1.82, 2.24) is 9.90 Å². The van der Waals surface area contributed by atoms with Gasteiger partial charge in [-0.3, -0.25) is 0 Å². The standard InChI is InChI=1S/C5H10N3.BrH/c1-3-8-5-4-7(2)6-8;/h4-5H,3H2,1-2H3;1H/q+1;/p-1. The predicted molar refractivity (Wildman–Crippen MR) is 29.1 cm³/mol. The Kier molecular flexibility index (Phi) is 3.46. The van der Waals surface area contributed by atoms with Gasteiger partial charge in [0.25, 0.3) is 0 Å². The normalized spacial score (nSPS) is 8.67. The predicted octanol–water partition coefficient (Wildman–Crippen LogP) is -3.27. The summed E-state index contributed by atoms with van der Waals surface area (Å²) in [6.45, 7) is 3.01. The van der Waals surface area contributed by atoms with Crippen LogP contribution in [0.1, 0.15) is 6.92 Å². The highest BCUT2D eigenvalue weighted by Gasteiger charge is 1.94. The molecule has 0 atom stereocenters. The first-order valence-electron chi connectivity index (χ1n) is 2.72. The fourth-order valence-corrected chi connectivity index (χ4v) is 0.583. The van der Waals surface area contributed by atoms with Gasteiger partial charge in [-0.15, -0.1) is 9.36 Å². The molecular weight excluding hydrogens is 182 g/mol. The van der Waals surface area contributed by atoms with Crippen LogP contribution in [0.3, 0.4) is 0 Å². The number of aryl methyl sites for hydroxylation is 2. The number of rotatable bonds is 1. The van der Waals surface area contributed by atoms with Crippen LogP contribution in [0.15, 0.2) is 12.4 Å². The Morgan fingerprint density at radius 2 is 2.33 bits per heavy atom. The quantitative estimate of drug-likeness (QED) is 0.428. The Labute approximate surface area is 65.0 Å². The molecule has 0 radical (unpaired) electrons. The maximum absolute atomic E-state index is 4.06. The van der Waals surface area contributed by atoms with Gasteiger partial charge in [-0.25, -0.2) is 0 Å². The first kappa shape index (κ1) is 8.62. The van der Waals surface area contributed by atoms with Gasteiger partial charge in [0.2, 0.25) is 0 Å². The third-order valence-corrected chi connectivity index (χ3v) is 1.03. The lowest BCUT2D eigenvalue weighted by Crippen LogP contribution is -3.00. The van der Waals surface area contributed by atoms with Crippen LogP contribution in [0.2, 0.25) is 0 Å². The van der Waals surface area contributed by atoms with Crippen molar-refractivity contribution in [2.24, 2.45) is 7.05 Å². The first-order valence-corrected chi connectivity index (χ1v) is 2.72. The van der Waals surface area contributed by atoms with E-state index >= 15 is 0 Å². The van der Waals surface area contributed by atoms with Crippen molar-refractivity contribution < 1.29 is 21.7 Å². The van der Waals surface area contributed by atoms with Crippen molar-refractivity contribution in [3.05, 3.63) is 12.4 Å². The summed E-state index contributed by atoms with van der Waals surface area (Å²) in [6.07, 6.45) is 3.86. The molecule has 0 saturated carbocycles. The minimum atomic E-state index is 0. The van der Waals surface area contributed by atoms with Crippen molar-refractivity contribution in [2.75, 3.05) is 0 Å². The third-order valence-electron chi connectivity index (χ3n) is 1.03. The van der Waals surface area contributed by atoms with Gasteiger partial charge in [0.1, 0.15) is 13.6 Å². The number of hydrogen-bond donors (Lipinski definition) is 0. The molecule has 52 valence electrons.